The van der Waals surface area contributed by atoms with Gasteiger partial charge in [-0.25, -0.2) is 0 Å². The van der Waals surface area contributed by atoms with E-state index in [4.69, 9.17) is 11.6 Å². The zero-order valence-electron chi connectivity index (χ0n) is 8.75. The zero-order chi connectivity index (χ0) is 11.4. The van der Waals surface area contributed by atoms with Crippen molar-refractivity contribution >= 4 is 28.3 Å². The van der Waals surface area contributed by atoms with Gasteiger partial charge >= 0.3 is 0 Å². The van der Waals surface area contributed by atoms with Crippen molar-refractivity contribution in [3.8, 4) is 5.75 Å². The van der Waals surface area contributed by atoms with E-state index < -0.39 is 0 Å². The van der Waals surface area contributed by atoms with Gasteiger partial charge in [0.1, 0.15) is 5.75 Å². The van der Waals surface area contributed by atoms with Crippen LogP contribution in [0, 0.1) is 0 Å². The highest BCUT2D eigenvalue weighted by atomic mass is 35.5. The first kappa shape index (κ1) is 12.2. The Bertz CT molecular complexity index is 406. The highest BCUT2D eigenvalue weighted by Gasteiger charge is 2.02. The summed E-state index contributed by atoms with van der Waals surface area (Å²) >= 11 is 7.26. The van der Waals surface area contributed by atoms with Crippen LogP contribution >= 0.6 is 23.4 Å². The van der Waals surface area contributed by atoms with Gasteiger partial charge in [0, 0.05) is 4.91 Å². The highest BCUT2D eigenvalue weighted by Crippen LogP contribution is 2.32. The third kappa shape index (κ3) is 3.65. The van der Waals surface area contributed by atoms with E-state index in [-0.39, 0.29) is 5.75 Å². The number of benzene rings is 1. The fraction of sp³-hybridized carbons (Fsp3) is 0.167. The van der Waals surface area contributed by atoms with Gasteiger partial charge in [0.05, 0.1) is 5.02 Å². The Balaban J connectivity index is 2.83. The molecular weight excluding hydrogens is 228 g/mol. The number of hydrogen-bond acceptors (Lipinski definition) is 2. The molecule has 0 atom stereocenters. The molecule has 0 unspecified atom stereocenters. The first-order valence-electron chi connectivity index (χ1n) is 4.48. The molecule has 0 radical (unpaired) electrons. The zero-order valence-corrected chi connectivity index (χ0v) is 10.3. The van der Waals surface area contributed by atoms with Crippen molar-refractivity contribution in [1.29, 1.82) is 0 Å². The molecular formula is C12H13ClOS. The van der Waals surface area contributed by atoms with Crippen molar-refractivity contribution in [1.82, 2.24) is 0 Å². The third-order valence-corrected chi connectivity index (χ3v) is 3.13. The number of hydrogen-bond donors (Lipinski definition) is 1. The molecule has 0 aliphatic heterocycles. The average molecular weight is 241 g/mol. The Morgan fingerprint density at radius 2 is 2.13 bits per heavy atom. The molecule has 1 aromatic rings. The van der Waals surface area contributed by atoms with Crippen LogP contribution in [0.1, 0.15) is 19.4 Å². The summed E-state index contributed by atoms with van der Waals surface area (Å²) in [5, 5.41) is 11.8. The largest absolute Gasteiger partial charge is 0.506 e. The Labute approximate surface area is 99.5 Å². The Morgan fingerprint density at radius 3 is 2.67 bits per heavy atom. The summed E-state index contributed by atoms with van der Waals surface area (Å²) in [5.74, 6) is 0.0908. The van der Waals surface area contributed by atoms with Crippen LogP contribution in [0.25, 0.3) is 4.91 Å². The molecule has 1 rings (SSSR count). The molecule has 1 aromatic carbocycles. The van der Waals surface area contributed by atoms with Crippen LogP contribution in [0.2, 0.25) is 5.02 Å². The summed E-state index contributed by atoms with van der Waals surface area (Å²) < 4.78 is 0. The smallest absolute Gasteiger partial charge is 0.134 e. The molecule has 0 aliphatic carbocycles. The Hall–Kier alpha value is -0.860. The lowest BCUT2D eigenvalue weighted by molar-refractivity contribution is 0.475. The fourth-order valence-corrected chi connectivity index (χ4v) is 1.70. The highest BCUT2D eigenvalue weighted by molar-refractivity contribution is 8.10. The van der Waals surface area contributed by atoms with Gasteiger partial charge in [-0.2, -0.15) is 0 Å². The first-order valence-corrected chi connectivity index (χ1v) is 5.74. The van der Waals surface area contributed by atoms with Crippen LogP contribution in [-0.4, -0.2) is 5.11 Å². The molecule has 3 heteroatoms. The number of allylic oxidation sites excluding steroid dienone is 1. The lowest BCUT2D eigenvalue weighted by Gasteiger charge is -2.04. The molecule has 1 nitrogen and oxygen atoms in total. The van der Waals surface area contributed by atoms with E-state index in [2.05, 4.69) is 6.58 Å². The minimum absolute atomic E-state index is 0.0908. The molecule has 0 saturated carbocycles. The second kappa shape index (κ2) is 5.29. The maximum Gasteiger partial charge on any atom is 0.134 e. The summed E-state index contributed by atoms with van der Waals surface area (Å²) in [7, 11) is 0. The summed E-state index contributed by atoms with van der Waals surface area (Å²) in [4.78, 5) is 0.892. The van der Waals surface area contributed by atoms with Gasteiger partial charge in [0.15, 0.2) is 0 Å². The summed E-state index contributed by atoms with van der Waals surface area (Å²) in [6, 6.07) is 5.13. The van der Waals surface area contributed by atoms with Gasteiger partial charge < -0.3 is 5.11 Å². The van der Waals surface area contributed by atoms with E-state index in [1.807, 2.05) is 25.3 Å². The second-order valence-corrected chi connectivity index (χ2v) is 4.77. The van der Waals surface area contributed by atoms with Crippen molar-refractivity contribution in [2.24, 2.45) is 0 Å². The van der Waals surface area contributed by atoms with Gasteiger partial charge in [-0.05, 0) is 37.0 Å². The van der Waals surface area contributed by atoms with Crippen molar-refractivity contribution in [2.75, 3.05) is 0 Å². The van der Waals surface area contributed by atoms with Gasteiger partial charge in [-0.1, -0.05) is 41.6 Å². The topological polar surface area (TPSA) is 20.2 Å². The lowest BCUT2D eigenvalue weighted by Crippen LogP contribution is -1.78. The Kier molecular flexibility index (Phi) is 4.30. The van der Waals surface area contributed by atoms with Crippen molar-refractivity contribution in [3.63, 3.8) is 0 Å². The number of thioether (sulfide) groups is 1. The molecule has 80 valence electrons. The lowest BCUT2D eigenvalue weighted by atomic mass is 10.2. The van der Waals surface area contributed by atoms with Crippen molar-refractivity contribution in [2.45, 2.75) is 13.8 Å². The molecule has 0 fully saturated rings. The first-order chi connectivity index (χ1) is 7.00. The van der Waals surface area contributed by atoms with E-state index in [9.17, 15) is 5.11 Å². The Morgan fingerprint density at radius 1 is 1.47 bits per heavy atom. The van der Waals surface area contributed by atoms with Crippen LogP contribution < -0.4 is 0 Å². The van der Waals surface area contributed by atoms with Crippen LogP contribution in [0.3, 0.4) is 0 Å². The van der Waals surface area contributed by atoms with E-state index >= 15 is 0 Å². The van der Waals surface area contributed by atoms with E-state index in [0.29, 0.717) is 5.02 Å². The van der Waals surface area contributed by atoms with Crippen molar-refractivity contribution in [3.05, 3.63) is 46.3 Å². The van der Waals surface area contributed by atoms with Gasteiger partial charge in [0.2, 0.25) is 0 Å². The standard InChI is InChI=1S/C12H13ClOS/c1-8(2)7-15-9(3)10-4-5-11(13)12(14)6-10/h4-7,14H,3H2,1-2H3. The van der Waals surface area contributed by atoms with Gasteiger partial charge in [-0.3, -0.25) is 0 Å². The summed E-state index contributed by atoms with van der Waals surface area (Å²) in [6.45, 7) is 7.99. The number of rotatable bonds is 3. The molecule has 0 aromatic heterocycles. The second-order valence-electron chi connectivity index (χ2n) is 3.40. The fourth-order valence-electron chi connectivity index (χ4n) is 0.943. The predicted octanol–water partition coefficient (Wildman–Crippen LogP) is 4.67. The minimum atomic E-state index is 0.0908. The predicted molar refractivity (Wildman–Crippen MR) is 69.2 cm³/mol. The average Bonchev–Trinajstić information content (AvgIpc) is 2.18. The molecule has 1 N–H and O–H groups in total. The molecule has 0 saturated heterocycles. The molecule has 15 heavy (non-hydrogen) atoms. The maximum atomic E-state index is 9.43. The van der Waals surface area contributed by atoms with Crippen molar-refractivity contribution < 1.29 is 5.11 Å². The maximum absolute atomic E-state index is 9.43. The van der Waals surface area contributed by atoms with Crippen LogP contribution in [-0.2, 0) is 0 Å². The summed E-state index contributed by atoms with van der Waals surface area (Å²) in [5.41, 5.74) is 2.11. The minimum Gasteiger partial charge on any atom is -0.506 e. The number of aromatic hydroxyl groups is 1. The van der Waals surface area contributed by atoms with Crippen LogP contribution in [0.4, 0.5) is 0 Å². The third-order valence-electron chi connectivity index (χ3n) is 1.70. The molecule has 0 bridgehead atoms. The molecule has 0 spiro atoms. The normalized spacial score (nSPS) is 9.80. The molecule has 0 amide bonds. The monoisotopic (exact) mass is 240 g/mol. The van der Waals surface area contributed by atoms with Gasteiger partial charge in [-0.15, -0.1) is 0 Å². The van der Waals surface area contributed by atoms with Crippen LogP contribution in [0.5, 0.6) is 5.75 Å². The van der Waals surface area contributed by atoms with E-state index in [1.54, 1.807) is 23.9 Å². The summed E-state index contributed by atoms with van der Waals surface area (Å²) in [6.07, 6.45) is 0. The number of halogens is 1. The number of phenols is 1. The molecule has 0 heterocycles. The van der Waals surface area contributed by atoms with E-state index in [0.717, 1.165) is 10.5 Å². The quantitative estimate of drug-likeness (QED) is 0.828. The SMILES string of the molecule is C=C(SC=C(C)C)c1ccc(Cl)c(O)c1. The van der Waals surface area contributed by atoms with Gasteiger partial charge in [0.25, 0.3) is 0 Å². The van der Waals surface area contributed by atoms with E-state index in [1.165, 1.54) is 5.57 Å². The number of phenolic OH excluding ortho intramolecular Hbond substituents is 1. The molecule has 0 aliphatic rings. The van der Waals surface area contributed by atoms with Crippen LogP contribution in [0.15, 0.2) is 35.8 Å².